The van der Waals surface area contributed by atoms with Gasteiger partial charge in [-0.15, -0.1) is 0 Å². The fourth-order valence-corrected chi connectivity index (χ4v) is 1.68. The standard InChI is InChI=1S/C12H25NO2/c1-4-6-13-10-12(2,3)15-9-11-5-7-14-8-11/h11,13H,4-10H2,1-3H3. The maximum Gasteiger partial charge on any atom is 0.0750 e. The van der Waals surface area contributed by atoms with Crippen LogP contribution in [0.3, 0.4) is 0 Å². The van der Waals surface area contributed by atoms with Gasteiger partial charge in [-0.2, -0.15) is 0 Å². The van der Waals surface area contributed by atoms with Gasteiger partial charge in [-0.05, 0) is 33.2 Å². The van der Waals surface area contributed by atoms with E-state index in [9.17, 15) is 0 Å². The molecule has 0 aromatic carbocycles. The summed E-state index contributed by atoms with van der Waals surface area (Å²) in [7, 11) is 0. The van der Waals surface area contributed by atoms with Gasteiger partial charge in [0.05, 0.1) is 18.8 Å². The van der Waals surface area contributed by atoms with Gasteiger partial charge in [0.25, 0.3) is 0 Å². The fraction of sp³-hybridized carbons (Fsp3) is 1.00. The molecule has 0 saturated carbocycles. The van der Waals surface area contributed by atoms with Crippen molar-refractivity contribution in [1.82, 2.24) is 5.32 Å². The minimum Gasteiger partial charge on any atom is -0.381 e. The molecular formula is C12H25NO2. The van der Waals surface area contributed by atoms with Crippen molar-refractivity contribution < 1.29 is 9.47 Å². The lowest BCUT2D eigenvalue weighted by Gasteiger charge is -2.27. The van der Waals surface area contributed by atoms with Gasteiger partial charge in [-0.1, -0.05) is 6.92 Å². The monoisotopic (exact) mass is 215 g/mol. The molecule has 0 bridgehead atoms. The molecule has 0 aliphatic carbocycles. The quantitative estimate of drug-likeness (QED) is 0.657. The van der Waals surface area contributed by atoms with Crippen molar-refractivity contribution in [2.45, 2.75) is 39.2 Å². The van der Waals surface area contributed by atoms with Crippen molar-refractivity contribution in [1.29, 1.82) is 0 Å². The van der Waals surface area contributed by atoms with E-state index in [0.717, 1.165) is 39.3 Å². The van der Waals surface area contributed by atoms with Crippen LogP contribution in [0, 0.1) is 5.92 Å². The van der Waals surface area contributed by atoms with Crippen LogP contribution in [0.4, 0.5) is 0 Å². The van der Waals surface area contributed by atoms with E-state index in [4.69, 9.17) is 9.47 Å². The molecule has 0 spiro atoms. The summed E-state index contributed by atoms with van der Waals surface area (Å²) in [4.78, 5) is 0. The van der Waals surface area contributed by atoms with E-state index in [2.05, 4.69) is 26.1 Å². The summed E-state index contributed by atoms with van der Waals surface area (Å²) in [5.74, 6) is 0.607. The highest BCUT2D eigenvalue weighted by Gasteiger charge is 2.22. The Hall–Kier alpha value is -0.120. The van der Waals surface area contributed by atoms with Gasteiger partial charge in [0.15, 0.2) is 0 Å². The predicted molar refractivity (Wildman–Crippen MR) is 62.1 cm³/mol. The summed E-state index contributed by atoms with van der Waals surface area (Å²) in [6, 6.07) is 0. The summed E-state index contributed by atoms with van der Waals surface area (Å²) < 4.78 is 11.2. The van der Waals surface area contributed by atoms with Crippen LogP contribution in [0.2, 0.25) is 0 Å². The van der Waals surface area contributed by atoms with Gasteiger partial charge in [0, 0.05) is 19.1 Å². The third-order valence-electron chi connectivity index (χ3n) is 2.71. The van der Waals surface area contributed by atoms with Crippen molar-refractivity contribution in [3.05, 3.63) is 0 Å². The van der Waals surface area contributed by atoms with Gasteiger partial charge >= 0.3 is 0 Å². The Labute approximate surface area is 93.5 Å². The number of nitrogens with one attached hydrogen (secondary N) is 1. The molecule has 0 aromatic rings. The third kappa shape index (κ3) is 5.50. The summed E-state index contributed by atoms with van der Waals surface area (Å²) in [5, 5.41) is 3.39. The zero-order chi connectivity index (χ0) is 11.1. The third-order valence-corrected chi connectivity index (χ3v) is 2.71. The maximum atomic E-state index is 5.92. The zero-order valence-corrected chi connectivity index (χ0v) is 10.3. The van der Waals surface area contributed by atoms with Crippen molar-refractivity contribution in [3.63, 3.8) is 0 Å². The summed E-state index contributed by atoms with van der Waals surface area (Å²) in [5.41, 5.74) is -0.0578. The molecule has 3 heteroatoms. The van der Waals surface area contributed by atoms with E-state index in [1.165, 1.54) is 6.42 Å². The molecule has 1 rings (SSSR count). The van der Waals surface area contributed by atoms with E-state index < -0.39 is 0 Å². The second-order valence-corrected chi connectivity index (χ2v) is 4.98. The lowest BCUT2D eigenvalue weighted by atomic mass is 10.1. The topological polar surface area (TPSA) is 30.5 Å². The second kappa shape index (κ2) is 6.46. The molecule has 15 heavy (non-hydrogen) atoms. The van der Waals surface area contributed by atoms with Gasteiger partial charge in [-0.25, -0.2) is 0 Å². The van der Waals surface area contributed by atoms with Crippen molar-refractivity contribution >= 4 is 0 Å². The van der Waals surface area contributed by atoms with Crippen LogP contribution in [0.1, 0.15) is 33.6 Å². The SMILES string of the molecule is CCCNCC(C)(C)OCC1CCOC1. The average molecular weight is 215 g/mol. The zero-order valence-electron chi connectivity index (χ0n) is 10.3. The molecule has 1 heterocycles. The van der Waals surface area contributed by atoms with E-state index in [0.29, 0.717) is 5.92 Å². The van der Waals surface area contributed by atoms with E-state index >= 15 is 0 Å². The van der Waals surface area contributed by atoms with Gasteiger partial charge in [0.1, 0.15) is 0 Å². The molecule has 1 aliphatic rings. The molecular weight excluding hydrogens is 190 g/mol. The second-order valence-electron chi connectivity index (χ2n) is 4.98. The van der Waals surface area contributed by atoms with Crippen molar-refractivity contribution in [2.75, 3.05) is 32.9 Å². The first-order valence-electron chi connectivity index (χ1n) is 6.06. The highest BCUT2D eigenvalue weighted by atomic mass is 16.5. The fourth-order valence-electron chi connectivity index (χ4n) is 1.68. The van der Waals surface area contributed by atoms with Crippen molar-refractivity contribution in [2.24, 2.45) is 5.92 Å². The van der Waals surface area contributed by atoms with Gasteiger partial charge < -0.3 is 14.8 Å². The Morgan fingerprint density at radius 1 is 1.47 bits per heavy atom. The first-order chi connectivity index (χ1) is 7.14. The van der Waals surface area contributed by atoms with Crippen LogP contribution >= 0.6 is 0 Å². The predicted octanol–water partition coefficient (Wildman–Crippen LogP) is 1.82. The number of hydrogen-bond acceptors (Lipinski definition) is 3. The molecule has 90 valence electrons. The van der Waals surface area contributed by atoms with Crippen LogP contribution in [-0.4, -0.2) is 38.5 Å². The summed E-state index contributed by atoms with van der Waals surface area (Å²) >= 11 is 0. The Balaban J connectivity index is 2.10. The molecule has 1 saturated heterocycles. The van der Waals surface area contributed by atoms with Gasteiger partial charge in [0.2, 0.25) is 0 Å². The summed E-state index contributed by atoms with van der Waals surface area (Å²) in [6.45, 7) is 11.1. The van der Waals surface area contributed by atoms with Crippen LogP contribution in [0.5, 0.6) is 0 Å². The van der Waals surface area contributed by atoms with Crippen molar-refractivity contribution in [3.8, 4) is 0 Å². The van der Waals surface area contributed by atoms with Gasteiger partial charge in [-0.3, -0.25) is 0 Å². The molecule has 1 aliphatic heterocycles. The number of rotatable bonds is 7. The molecule has 1 fully saturated rings. The van der Waals surface area contributed by atoms with E-state index in [1.54, 1.807) is 0 Å². The molecule has 1 N–H and O–H groups in total. The normalized spacial score (nSPS) is 22.2. The minimum atomic E-state index is -0.0578. The van der Waals surface area contributed by atoms with E-state index in [-0.39, 0.29) is 5.60 Å². The highest BCUT2D eigenvalue weighted by molar-refractivity contribution is 4.73. The number of hydrogen-bond donors (Lipinski definition) is 1. The smallest absolute Gasteiger partial charge is 0.0750 e. The highest BCUT2D eigenvalue weighted by Crippen LogP contribution is 2.16. The Bertz CT molecular complexity index is 165. The minimum absolute atomic E-state index is 0.0578. The first-order valence-corrected chi connectivity index (χ1v) is 6.06. The average Bonchev–Trinajstić information content (AvgIpc) is 2.68. The lowest BCUT2D eigenvalue weighted by Crippen LogP contribution is -2.39. The van der Waals surface area contributed by atoms with Crippen LogP contribution < -0.4 is 5.32 Å². The Morgan fingerprint density at radius 2 is 2.27 bits per heavy atom. The Morgan fingerprint density at radius 3 is 2.87 bits per heavy atom. The molecule has 3 nitrogen and oxygen atoms in total. The maximum absolute atomic E-state index is 5.92. The molecule has 1 unspecified atom stereocenters. The molecule has 0 amide bonds. The molecule has 0 aromatic heterocycles. The van der Waals surface area contributed by atoms with Crippen LogP contribution in [-0.2, 0) is 9.47 Å². The molecule has 1 atom stereocenters. The Kier molecular flexibility index (Phi) is 5.58. The largest absolute Gasteiger partial charge is 0.381 e. The molecule has 0 radical (unpaired) electrons. The van der Waals surface area contributed by atoms with E-state index in [1.807, 2.05) is 0 Å². The lowest BCUT2D eigenvalue weighted by molar-refractivity contribution is -0.0346. The van der Waals surface area contributed by atoms with Crippen LogP contribution in [0.15, 0.2) is 0 Å². The summed E-state index contributed by atoms with van der Waals surface area (Å²) in [6.07, 6.45) is 2.32. The first kappa shape index (κ1) is 12.9. The number of ether oxygens (including phenoxy) is 2. The van der Waals surface area contributed by atoms with Crippen LogP contribution in [0.25, 0.3) is 0 Å².